The summed E-state index contributed by atoms with van der Waals surface area (Å²) in [5.41, 5.74) is 2.37. The summed E-state index contributed by atoms with van der Waals surface area (Å²) in [7, 11) is 0. The molecule has 0 aliphatic heterocycles. The summed E-state index contributed by atoms with van der Waals surface area (Å²) in [6, 6.07) is 13.6. The first kappa shape index (κ1) is 18.6. The number of carbonyl (C=O) groups is 1. The van der Waals surface area contributed by atoms with Gasteiger partial charge in [0, 0.05) is 29.6 Å². The fourth-order valence-electron chi connectivity index (χ4n) is 3.20. The third-order valence-electron chi connectivity index (χ3n) is 4.93. The second-order valence-corrected chi connectivity index (χ2v) is 7.16. The Balaban J connectivity index is 1.33. The van der Waals surface area contributed by atoms with Gasteiger partial charge in [-0.25, -0.2) is 9.36 Å². The van der Waals surface area contributed by atoms with Crippen LogP contribution < -0.4 is 5.32 Å². The molecular formula is C20H16N8O3. The molecule has 2 aromatic carbocycles. The van der Waals surface area contributed by atoms with Crippen molar-refractivity contribution in [2.24, 2.45) is 0 Å². The summed E-state index contributed by atoms with van der Waals surface area (Å²) >= 11 is 0. The first-order valence-corrected chi connectivity index (χ1v) is 9.57. The van der Waals surface area contributed by atoms with Crippen molar-refractivity contribution in [1.29, 1.82) is 0 Å². The molecule has 0 radical (unpaired) electrons. The van der Waals surface area contributed by atoms with Crippen molar-refractivity contribution < 1.29 is 9.72 Å². The van der Waals surface area contributed by atoms with Gasteiger partial charge in [0.1, 0.15) is 0 Å². The van der Waals surface area contributed by atoms with Gasteiger partial charge in [-0.3, -0.25) is 14.9 Å². The first-order chi connectivity index (χ1) is 15.1. The molecule has 1 N–H and O–H groups in total. The number of benzene rings is 2. The summed E-state index contributed by atoms with van der Waals surface area (Å²) in [5.74, 6) is 0.344. The van der Waals surface area contributed by atoms with Gasteiger partial charge in [0.25, 0.3) is 11.6 Å². The Bertz CT molecular complexity index is 1270. The maximum Gasteiger partial charge on any atom is 0.269 e. The number of amides is 1. The molecule has 5 rings (SSSR count). The van der Waals surface area contributed by atoms with E-state index in [1.54, 1.807) is 24.4 Å². The number of nitro benzene ring substituents is 1. The minimum absolute atomic E-state index is 0.0125. The summed E-state index contributed by atoms with van der Waals surface area (Å²) in [5, 5.41) is 29.8. The normalized spacial score (nSPS) is 13.2. The van der Waals surface area contributed by atoms with Crippen LogP contribution in [0.2, 0.25) is 0 Å². The van der Waals surface area contributed by atoms with Crippen LogP contribution in [0.15, 0.2) is 60.9 Å². The lowest BCUT2D eigenvalue weighted by molar-refractivity contribution is -0.384. The average molecular weight is 416 g/mol. The van der Waals surface area contributed by atoms with Gasteiger partial charge >= 0.3 is 0 Å². The van der Waals surface area contributed by atoms with E-state index in [-0.39, 0.29) is 11.6 Å². The van der Waals surface area contributed by atoms with Gasteiger partial charge in [0.2, 0.25) is 0 Å². The molecule has 1 saturated carbocycles. The Morgan fingerprint density at radius 1 is 1.16 bits per heavy atom. The van der Waals surface area contributed by atoms with Crippen molar-refractivity contribution in [2.75, 3.05) is 5.32 Å². The zero-order valence-electron chi connectivity index (χ0n) is 16.1. The smallest absolute Gasteiger partial charge is 0.269 e. The second-order valence-electron chi connectivity index (χ2n) is 7.16. The SMILES string of the molecule is O=C(Nc1cccc(-c2nnnn2C2CC2)c1)c1cnn(-c2ccc([N+](=O)[O-])cc2)c1. The summed E-state index contributed by atoms with van der Waals surface area (Å²) in [6.45, 7) is 0. The van der Waals surface area contributed by atoms with Crippen LogP contribution in [0.25, 0.3) is 17.1 Å². The molecule has 0 bridgehead atoms. The van der Waals surface area contributed by atoms with Crippen molar-refractivity contribution in [3.05, 3.63) is 76.6 Å². The van der Waals surface area contributed by atoms with Crippen LogP contribution in [0.5, 0.6) is 0 Å². The molecule has 1 fully saturated rings. The molecule has 2 heterocycles. The molecule has 0 spiro atoms. The molecule has 1 aliphatic rings. The summed E-state index contributed by atoms with van der Waals surface area (Å²) in [4.78, 5) is 23.0. The predicted molar refractivity (Wildman–Crippen MR) is 110 cm³/mol. The highest BCUT2D eigenvalue weighted by Gasteiger charge is 2.28. The molecule has 0 atom stereocenters. The van der Waals surface area contributed by atoms with E-state index in [0.29, 0.717) is 28.8 Å². The predicted octanol–water partition coefficient (Wildman–Crippen LogP) is 3.02. The zero-order valence-corrected chi connectivity index (χ0v) is 16.1. The molecule has 4 aromatic rings. The number of hydrogen-bond acceptors (Lipinski definition) is 7. The molecule has 1 aliphatic carbocycles. The lowest BCUT2D eigenvalue weighted by Crippen LogP contribution is -2.11. The standard InChI is InChI=1S/C20H16N8O3/c29-20(14-11-21-26(12-14)16-4-8-18(9-5-16)28(30)31)22-15-3-1-2-13(10-15)19-23-24-25-27(19)17-6-7-17/h1-5,8-12,17H,6-7H2,(H,22,29). The molecule has 11 nitrogen and oxygen atoms in total. The van der Waals surface area contributed by atoms with E-state index in [9.17, 15) is 14.9 Å². The maximum atomic E-state index is 12.7. The number of hydrogen-bond donors (Lipinski definition) is 1. The molecule has 2 aromatic heterocycles. The van der Waals surface area contributed by atoms with Crippen molar-refractivity contribution in [2.45, 2.75) is 18.9 Å². The number of nitro groups is 1. The van der Waals surface area contributed by atoms with Gasteiger partial charge in [0.05, 0.1) is 28.4 Å². The highest BCUT2D eigenvalue weighted by atomic mass is 16.6. The monoisotopic (exact) mass is 416 g/mol. The van der Waals surface area contributed by atoms with Gasteiger partial charge in [0.15, 0.2) is 5.82 Å². The Morgan fingerprint density at radius 3 is 2.71 bits per heavy atom. The molecule has 1 amide bonds. The number of non-ortho nitro benzene ring substituents is 1. The largest absolute Gasteiger partial charge is 0.322 e. The van der Waals surface area contributed by atoms with Crippen molar-refractivity contribution >= 4 is 17.3 Å². The van der Waals surface area contributed by atoms with E-state index in [1.165, 1.54) is 23.0 Å². The third-order valence-corrected chi connectivity index (χ3v) is 4.93. The minimum Gasteiger partial charge on any atom is -0.322 e. The van der Waals surface area contributed by atoms with Gasteiger partial charge in [-0.15, -0.1) is 5.10 Å². The highest BCUT2D eigenvalue weighted by molar-refractivity contribution is 6.04. The molecule has 0 saturated heterocycles. The molecular weight excluding hydrogens is 400 g/mol. The Morgan fingerprint density at radius 2 is 1.97 bits per heavy atom. The molecule has 11 heteroatoms. The van der Waals surface area contributed by atoms with Gasteiger partial charge < -0.3 is 5.32 Å². The quantitative estimate of drug-likeness (QED) is 0.377. The van der Waals surface area contributed by atoms with E-state index in [4.69, 9.17) is 0 Å². The Labute approximate surface area is 175 Å². The van der Waals surface area contributed by atoms with E-state index >= 15 is 0 Å². The van der Waals surface area contributed by atoms with Crippen LogP contribution in [0, 0.1) is 10.1 Å². The summed E-state index contributed by atoms with van der Waals surface area (Å²) in [6.07, 6.45) is 5.13. The number of anilines is 1. The second kappa shape index (κ2) is 7.44. The highest BCUT2D eigenvalue weighted by Crippen LogP contribution is 2.36. The van der Waals surface area contributed by atoms with Crippen molar-refractivity contribution in [3.8, 4) is 17.1 Å². The fourth-order valence-corrected chi connectivity index (χ4v) is 3.20. The Kier molecular flexibility index (Phi) is 4.47. The van der Waals surface area contributed by atoms with E-state index in [1.807, 2.05) is 22.9 Å². The van der Waals surface area contributed by atoms with Gasteiger partial charge in [-0.05, 0) is 47.5 Å². The number of rotatable bonds is 6. The molecule has 154 valence electrons. The zero-order chi connectivity index (χ0) is 21.4. The van der Waals surface area contributed by atoms with Gasteiger partial charge in [-0.2, -0.15) is 5.10 Å². The lowest BCUT2D eigenvalue weighted by atomic mass is 10.2. The number of tetrazole rings is 1. The third kappa shape index (κ3) is 3.75. The van der Waals surface area contributed by atoms with E-state index in [0.717, 1.165) is 18.4 Å². The summed E-state index contributed by atoms with van der Waals surface area (Å²) < 4.78 is 3.30. The first-order valence-electron chi connectivity index (χ1n) is 9.57. The maximum absolute atomic E-state index is 12.7. The number of aromatic nitrogens is 6. The molecule has 31 heavy (non-hydrogen) atoms. The topological polar surface area (TPSA) is 134 Å². The molecule has 0 unspecified atom stereocenters. The Hall–Kier alpha value is -4.41. The van der Waals surface area contributed by atoms with Crippen LogP contribution >= 0.6 is 0 Å². The average Bonchev–Trinajstić information content (AvgIpc) is 3.30. The number of nitrogens with one attached hydrogen (secondary N) is 1. The van der Waals surface area contributed by atoms with Crippen LogP contribution in [0.3, 0.4) is 0 Å². The fraction of sp³-hybridized carbons (Fsp3) is 0.150. The van der Waals surface area contributed by atoms with Crippen molar-refractivity contribution in [3.63, 3.8) is 0 Å². The number of nitrogens with zero attached hydrogens (tertiary/aromatic N) is 7. The van der Waals surface area contributed by atoms with Crippen LogP contribution in [-0.2, 0) is 0 Å². The lowest BCUT2D eigenvalue weighted by Gasteiger charge is -2.07. The van der Waals surface area contributed by atoms with Crippen LogP contribution in [0.4, 0.5) is 11.4 Å². The minimum atomic E-state index is -0.469. The van der Waals surface area contributed by atoms with E-state index < -0.39 is 4.92 Å². The van der Waals surface area contributed by atoms with Crippen LogP contribution in [-0.4, -0.2) is 40.8 Å². The van der Waals surface area contributed by atoms with E-state index in [2.05, 4.69) is 25.9 Å². The van der Waals surface area contributed by atoms with Gasteiger partial charge in [-0.1, -0.05) is 12.1 Å². The number of carbonyl (C=O) groups excluding carboxylic acids is 1. The van der Waals surface area contributed by atoms with Crippen LogP contribution in [0.1, 0.15) is 29.2 Å². The van der Waals surface area contributed by atoms with Crippen molar-refractivity contribution in [1.82, 2.24) is 30.0 Å².